The zero-order valence-corrected chi connectivity index (χ0v) is 22.0. The Labute approximate surface area is 225 Å². The van der Waals surface area contributed by atoms with Crippen molar-refractivity contribution in [3.63, 3.8) is 0 Å². The van der Waals surface area contributed by atoms with Crippen molar-refractivity contribution < 1.29 is 27.9 Å². The Kier molecular flexibility index (Phi) is 8.11. The first-order valence-electron chi connectivity index (χ1n) is 11.8. The van der Waals surface area contributed by atoms with E-state index in [0.29, 0.717) is 17.0 Å². The van der Waals surface area contributed by atoms with Gasteiger partial charge in [-0.25, -0.2) is 13.8 Å². The van der Waals surface area contributed by atoms with Crippen LogP contribution in [0.25, 0.3) is 10.8 Å². The van der Waals surface area contributed by atoms with Gasteiger partial charge in [-0.3, -0.25) is 13.9 Å². The van der Waals surface area contributed by atoms with Gasteiger partial charge in [-0.15, -0.1) is 0 Å². The molecule has 0 aromatic heterocycles. The molecule has 0 unspecified atom stereocenters. The number of fused-ring (bicyclic) bond motifs is 1. The number of phenols is 1. The van der Waals surface area contributed by atoms with Crippen LogP contribution in [-0.2, 0) is 19.6 Å². The van der Waals surface area contributed by atoms with E-state index in [1.54, 1.807) is 18.2 Å². The molecule has 4 rings (SSSR count). The number of benzene rings is 4. The Hall–Kier alpha value is -4.90. The van der Waals surface area contributed by atoms with Gasteiger partial charge in [0, 0.05) is 18.2 Å². The smallest absolute Gasteiger partial charge is 0.264 e. The molecule has 11 heteroatoms. The average Bonchev–Trinajstić information content (AvgIpc) is 2.93. The van der Waals surface area contributed by atoms with Gasteiger partial charge in [0.2, 0.25) is 5.91 Å². The zero-order valence-electron chi connectivity index (χ0n) is 21.2. The number of hydrogen-bond acceptors (Lipinski definition) is 7. The third-order valence-electron chi connectivity index (χ3n) is 5.74. The number of carbonyl (C=O) groups is 2. The van der Waals surface area contributed by atoms with Crippen molar-refractivity contribution in [2.45, 2.75) is 11.8 Å². The minimum absolute atomic E-state index is 0.0168. The van der Waals surface area contributed by atoms with Crippen molar-refractivity contribution in [2.75, 3.05) is 23.3 Å². The van der Waals surface area contributed by atoms with Crippen molar-refractivity contribution in [3.8, 4) is 11.5 Å². The molecule has 2 amide bonds. The van der Waals surface area contributed by atoms with Crippen LogP contribution in [0.3, 0.4) is 0 Å². The van der Waals surface area contributed by atoms with Gasteiger partial charge < -0.3 is 15.2 Å². The number of methoxy groups -OCH3 is 1. The lowest BCUT2D eigenvalue weighted by Gasteiger charge is -2.24. The number of nitrogens with zero attached hydrogens (tertiary/aromatic N) is 2. The number of phenolic OH excluding ortho intramolecular Hbond substituents is 1. The van der Waals surface area contributed by atoms with Crippen LogP contribution < -0.4 is 19.8 Å². The largest absolute Gasteiger partial charge is 0.507 e. The van der Waals surface area contributed by atoms with Gasteiger partial charge in [0.1, 0.15) is 18.0 Å². The SMILES string of the molecule is COc1ccc(N(CC(=O)N/N=C\c2c(O)ccc3ccccc23)S(=O)(=O)c2ccc(NC(C)=O)cc2)cc1. The molecule has 0 atom stereocenters. The van der Waals surface area contributed by atoms with Crippen molar-refractivity contribution in [1.29, 1.82) is 0 Å². The number of sulfonamides is 1. The number of hydrogen-bond donors (Lipinski definition) is 3. The minimum atomic E-state index is -4.20. The van der Waals surface area contributed by atoms with Crippen molar-refractivity contribution in [1.82, 2.24) is 5.43 Å². The van der Waals surface area contributed by atoms with Crippen LogP contribution in [0.5, 0.6) is 11.5 Å². The molecule has 0 fully saturated rings. The molecule has 0 heterocycles. The van der Waals surface area contributed by atoms with E-state index in [2.05, 4.69) is 15.8 Å². The summed E-state index contributed by atoms with van der Waals surface area (Å²) in [6.45, 7) is 0.764. The molecule has 0 radical (unpaired) electrons. The summed E-state index contributed by atoms with van der Waals surface area (Å²) in [7, 11) is -2.71. The van der Waals surface area contributed by atoms with Gasteiger partial charge in [-0.1, -0.05) is 30.3 Å². The summed E-state index contributed by atoms with van der Waals surface area (Å²) in [5.41, 5.74) is 3.41. The molecule has 0 aliphatic rings. The van der Waals surface area contributed by atoms with E-state index in [1.807, 2.05) is 24.3 Å². The van der Waals surface area contributed by atoms with E-state index < -0.39 is 22.5 Å². The topological polar surface area (TPSA) is 137 Å². The van der Waals surface area contributed by atoms with Crippen LogP contribution in [0, 0.1) is 0 Å². The lowest BCUT2D eigenvalue weighted by Crippen LogP contribution is -2.39. The highest BCUT2D eigenvalue weighted by atomic mass is 32.2. The molecule has 0 aliphatic heterocycles. The summed E-state index contributed by atoms with van der Waals surface area (Å²) in [5, 5.41) is 18.4. The van der Waals surface area contributed by atoms with Crippen molar-refractivity contribution in [2.24, 2.45) is 5.10 Å². The van der Waals surface area contributed by atoms with Crippen LogP contribution in [0.15, 0.2) is 94.9 Å². The second kappa shape index (κ2) is 11.7. The highest BCUT2D eigenvalue weighted by molar-refractivity contribution is 7.92. The predicted octanol–water partition coefficient (Wildman–Crippen LogP) is 3.86. The molecule has 39 heavy (non-hydrogen) atoms. The number of carbonyl (C=O) groups excluding carboxylic acids is 2. The number of ether oxygens (including phenoxy) is 1. The fourth-order valence-corrected chi connectivity index (χ4v) is 5.28. The first-order chi connectivity index (χ1) is 18.7. The maximum atomic E-state index is 13.6. The monoisotopic (exact) mass is 546 g/mol. The third-order valence-corrected chi connectivity index (χ3v) is 7.53. The normalized spacial score (nSPS) is 11.3. The Balaban J connectivity index is 1.59. The average molecular weight is 547 g/mol. The number of rotatable bonds is 9. The molecule has 3 N–H and O–H groups in total. The van der Waals surface area contributed by atoms with Crippen LogP contribution in [-0.4, -0.2) is 45.2 Å². The van der Waals surface area contributed by atoms with E-state index in [1.165, 1.54) is 62.7 Å². The summed E-state index contributed by atoms with van der Waals surface area (Å²) in [6, 6.07) is 22.5. The van der Waals surface area contributed by atoms with E-state index in [9.17, 15) is 23.1 Å². The van der Waals surface area contributed by atoms with E-state index in [4.69, 9.17) is 4.74 Å². The van der Waals surface area contributed by atoms with E-state index in [-0.39, 0.29) is 22.2 Å². The van der Waals surface area contributed by atoms with Crippen LogP contribution in [0.4, 0.5) is 11.4 Å². The number of aromatic hydroxyl groups is 1. The van der Waals surface area contributed by atoms with E-state index >= 15 is 0 Å². The molecule has 0 bridgehead atoms. The number of amides is 2. The maximum absolute atomic E-state index is 13.6. The summed E-state index contributed by atoms with van der Waals surface area (Å²) < 4.78 is 33.3. The Morgan fingerprint density at radius 2 is 1.67 bits per heavy atom. The maximum Gasteiger partial charge on any atom is 0.264 e. The summed E-state index contributed by atoms with van der Waals surface area (Å²) in [6.07, 6.45) is 1.31. The van der Waals surface area contributed by atoms with Gasteiger partial charge >= 0.3 is 0 Å². The van der Waals surface area contributed by atoms with Gasteiger partial charge in [0.15, 0.2) is 0 Å². The standard InChI is InChI=1S/C28H26N4O6S/c1-19(33)30-21-8-14-24(15-9-21)39(36,37)32(22-10-12-23(38-2)13-11-22)18-28(35)31-29-17-26-25-6-4-3-5-20(25)7-16-27(26)34/h3-17,34H,18H2,1-2H3,(H,30,33)(H,31,35)/b29-17-. The Bertz CT molecular complexity index is 1640. The minimum Gasteiger partial charge on any atom is -0.507 e. The van der Waals surface area contributed by atoms with Crippen LogP contribution in [0.2, 0.25) is 0 Å². The molecule has 4 aromatic carbocycles. The van der Waals surface area contributed by atoms with Gasteiger partial charge in [0.05, 0.1) is 23.9 Å². The van der Waals surface area contributed by atoms with Crippen LogP contribution in [0.1, 0.15) is 12.5 Å². The van der Waals surface area contributed by atoms with E-state index in [0.717, 1.165) is 15.1 Å². The van der Waals surface area contributed by atoms with Crippen molar-refractivity contribution >= 4 is 50.2 Å². The van der Waals surface area contributed by atoms with Gasteiger partial charge in [-0.2, -0.15) is 5.10 Å². The number of hydrazone groups is 1. The summed E-state index contributed by atoms with van der Waals surface area (Å²) >= 11 is 0. The zero-order chi connectivity index (χ0) is 28.0. The highest BCUT2D eigenvalue weighted by Gasteiger charge is 2.27. The molecule has 0 spiro atoms. The van der Waals surface area contributed by atoms with Crippen LogP contribution >= 0.6 is 0 Å². The lowest BCUT2D eigenvalue weighted by atomic mass is 10.0. The van der Waals surface area contributed by atoms with Crippen molar-refractivity contribution in [3.05, 3.63) is 90.5 Å². The summed E-state index contributed by atoms with van der Waals surface area (Å²) in [4.78, 5) is 24.1. The number of anilines is 2. The first-order valence-corrected chi connectivity index (χ1v) is 13.2. The second-order valence-corrected chi connectivity index (χ2v) is 10.3. The lowest BCUT2D eigenvalue weighted by molar-refractivity contribution is -0.119. The number of nitrogens with one attached hydrogen (secondary N) is 2. The molecule has 10 nitrogen and oxygen atoms in total. The molecule has 0 saturated carbocycles. The Morgan fingerprint density at radius 1 is 0.974 bits per heavy atom. The molecule has 4 aromatic rings. The third kappa shape index (κ3) is 6.33. The molecule has 0 saturated heterocycles. The summed E-state index contributed by atoms with van der Waals surface area (Å²) in [5.74, 6) is -0.503. The molecular weight excluding hydrogens is 520 g/mol. The fourth-order valence-electron chi connectivity index (χ4n) is 3.86. The first kappa shape index (κ1) is 27.1. The highest BCUT2D eigenvalue weighted by Crippen LogP contribution is 2.27. The van der Waals surface area contributed by atoms with Gasteiger partial charge in [0.25, 0.3) is 15.9 Å². The second-order valence-electron chi connectivity index (χ2n) is 8.43. The Morgan fingerprint density at radius 3 is 2.33 bits per heavy atom. The molecule has 0 aliphatic carbocycles. The molecular formula is C28H26N4O6S. The molecule has 200 valence electrons. The quantitative estimate of drug-likeness (QED) is 0.215. The fraction of sp³-hybridized carbons (Fsp3) is 0.107. The van der Waals surface area contributed by atoms with Gasteiger partial charge in [-0.05, 0) is 65.4 Å². The predicted molar refractivity (Wildman–Crippen MR) is 150 cm³/mol.